The number of halogens is 1. The molecular weight excluding hydrogens is 273 g/mol. The van der Waals surface area contributed by atoms with Crippen LogP contribution in [0.5, 0.6) is 0 Å². The molecule has 0 saturated carbocycles. The fourth-order valence-corrected chi connectivity index (χ4v) is 2.84. The van der Waals surface area contributed by atoms with E-state index < -0.39 is 0 Å². The Morgan fingerprint density at radius 3 is 2.86 bits per heavy atom. The van der Waals surface area contributed by atoms with Crippen LogP contribution in [0.3, 0.4) is 0 Å². The highest BCUT2D eigenvalue weighted by atomic mass is 19.1. The first-order valence-electron chi connectivity index (χ1n) is 7.32. The molecule has 1 aromatic carbocycles. The average Bonchev–Trinajstić information content (AvgIpc) is 2.87. The maximum Gasteiger partial charge on any atom is 0.238 e. The van der Waals surface area contributed by atoms with Crippen molar-refractivity contribution in [2.24, 2.45) is 0 Å². The monoisotopic (exact) mass is 293 g/mol. The molecule has 2 saturated heterocycles. The van der Waals surface area contributed by atoms with Gasteiger partial charge in [-0.1, -0.05) is 12.1 Å². The molecule has 1 aromatic rings. The van der Waals surface area contributed by atoms with Crippen molar-refractivity contribution >= 4 is 5.91 Å². The summed E-state index contributed by atoms with van der Waals surface area (Å²) >= 11 is 0. The molecule has 0 radical (unpaired) electrons. The molecule has 0 aliphatic carbocycles. The first kappa shape index (κ1) is 14.4. The van der Waals surface area contributed by atoms with Gasteiger partial charge >= 0.3 is 0 Å². The smallest absolute Gasteiger partial charge is 0.238 e. The van der Waals surface area contributed by atoms with Gasteiger partial charge in [-0.25, -0.2) is 4.39 Å². The number of morpholine rings is 1. The Hall–Kier alpha value is -1.50. The van der Waals surface area contributed by atoms with E-state index in [4.69, 9.17) is 4.74 Å². The lowest BCUT2D eigenvalue weighted by Gasteiger charge is -2.30. The van der Waals surface area contributed by atoms with Gasteiger partial charge in [0.05, 0.1) is 19.8 Å². The van der Waals surface area contributed by atoms with Crippen LogP contribution >= 0.6 is 0 Å². The Morgan fingerprint density at radius 1 is 1.29 bits per heavy atom. The van der Waals surface area contributed by atoms with Crippen LogP contribution in [0.4, 0.5) is 4.39 Å². The van der Waals surface area contributed by atoms with Gasteiger partial charge in [-0.3, -0.25) is 15.0 Å². The Kier molecular flexibility index (Phi) is 4.48. The molecule has 1 N–H and O–H groups in total. The van der Waals surface area contributed by atoms with E-state index in [-0.39, 0.29) is 17.9 Å². The Balaban J connectivity index is 1.65. The number of carbonyl (C=O) groups is 1. The van der Waals surface area contributed by atoms with E-state index in [9.17, 15) is 9.18 Å². The van der Waals surface area contributed by atoms with Gasteiger partial charge in [-0.2, -0.15) is 0 Å². The zero-order valence-electron chi connectivity index (χ0n) is 11.9. The number of rotatable bonds is 4. The van der Waals surface area contributed by atoms with Crippen molar-refractivity contribution < 1.29 is 13.9 Å². The molecule has 2 aliphatic rings. The van der Waals surface area contributed by atoms with E-state index in [0.717, 1.165) is 38.4 Å². The van der Waals surface area contributed by atoms with Gasteiger partial charge in [0.25, 0.3) is 0 Å². The lowest BCUT2D eigenvalue weighted by Crippen LogP contribution is -2.42. The van der Waals surface area contributed by atoms with Gasteiger partial charge < -0.3 is 9.64 Å². The van der Waals surface area contributed by atoms with Crippen LogP contribution in [0.15, 0.2) is 24.3 Å². The second kappa shape index (κ2) is 6.51. The summed E-state index contributed by atoms with van der Waals surface area (Å²) in [4.78, 5) is 16.1. The summed E-state index contributed by atoms with van der Waals surface area (Å²) < 4.78 is 18.7. The molecule has 2 fully saturated rings. The minimum atomic E-state index is -0.276. The number of hydrogen-bond donors (Lipinski definition) is 1. The van der Waals surface area contributed by atoms with E-state index in [0.29, 0.717) is 13.1 Å². The van der Waals surface area contributed by atoms with Crippen LogP contribution in [0.25, 0.3) is 0 Å². The fraction of sp³-hybridized carbons (Fsp3) is 0.533. The van der Waals surface area contributed by atoms with Gasteiger partial charge in [-0.05, 0) is 17.7 Å². The highest BCUT2D eigenvalue weighted by Crippen LogP contribution is 2.22. The molecule has 2 heterocycles. The summed E-state index contributed by atoms with van der Waals surface area (Å²) in [5, 5.41) is 3.15. The van der Waals surface area contributed by atoms with Crippen LogP contribution in [-0.4, -0.2) is 61.6 Å². The van der Waals surface area contributed by atoms with Crippen LogP contribution < -0.4 is 5.32 Å². The minimum absolute atomic E-state index is 0.0671. The predicted octanol–water partition coefficient (Wildman–Crippen LogP) is 0.588. The molecular formula is C15H20FN3O2. The third kappa shape index (κ3) is 3.40. The van der Waals surface area contributed by atoms with Crippen molar-refractivity contribution in [2.45, 2.75) is 6.17 Å². The molecule has 6 heteroatoms. The van der Waals surface area contributed by atoms with E-state index in [1.165, 1.54) is 12.1 Å². The summed E-state index contributed by atoms with van der Waals surface area (Å²) in [7, 11) is 0. The highest BCUT2D eigenvalue weighted by Gasteiger charge is 2.31. The Bertz CT molecular complexity index is 505. The summed E-state index contributed by atoms with van der Waals surface area (Å²) in [6.45, 7) is 5.08. The number of amides is 1. The largest absolute Gasteiger partial charge is 0.379 e. The summed E-state index contributed by atoms with van der Waals surface area (Å²) in [5.41, 5.74) is 0.794. The lowest BCUT2D eigenvalue weighted by atomic mass is 10.1. The lowest BCUT2D eigenvalue weighted by molar-refractivity contribution is -0.128. The summed E-state index contributed by atoms with van der Waals surface area (Å²) in [6, 6.07) is 6.42. The van der Waals surface area contributed by atoms with Crippen molar-refractivity contribution in [1.82, 2.24) is 15.1 Å². The van der Waals surface area contributed by atoms with Gasteiger partial charge in [0.1, 0.15) is 12.0 Å². The van der Waals surface area contributed by atoms with Gasteiger partial charge in [0.2, 0.25) is 5.91 Å². The van der Waals surface area contributed by atoms with Crippen LogP contribution in [0.2, 0.25) is 0 Å². The Morgan fingerprint density at radius 2 is 2.10 bits per heavy atom. The van der Waals surface area contributed by atoms with Crippen molar-refractivity contribution in [1.29, 1.82) is 0 Å². The zero-order valence-corrected chi connectivity index (χ0v) is 11.9. The first-order chi connectivity index (χ1) is 10.2. The molecule has 114 valence electrons. The maximum atomic E-state index is 13.4. The summed E-state index contributed by atoms with van der Waals surface area (Å²) in [5.74, 6) is -0.209. The third-order valence-electron chi connectivity index (χ3n) is 4.00. The normalized spacial score (nSPS) is 23.8. The molecule has 0 spiro atoms. The number of nitrogens with zero attached hydrogens (tertiary/aromatic N) is 2. The average molecular weight is 293 g/mol. The molecule has 0 bridgehead atoms. The number of hydrogen-bond acceptors (Lipinski definition) is 4. The topological polar surface area (TPSA) is 44.8 Å². The van der Waals surface area contributed by atoms with Crippen molar-refractivity contribution in [3.8, 4) is 0 Å². The van der Waals surface area contributed by atoms with E-state index in [2.05, 4.69) is 10.2 Å². The predicted molar refractivity (Wildman–Crippen MR) is 76.1 cm³/mol. The quantitative estimate of drug-likeness (QED) is 0.882. The highest BCUT2D eigenvalue weighted by molar-refractivity contribution is 5.80. The molecule has 3 rings (SSSR count). The molecule has 1 atom stereocenters. The first-order valence-corrected chi connectivity index (χ1v) is 7.32. The van der Waals surface area contributed by atoms with Gasteiger partial charge in [-0.15, -0.1) is 0 Å². The molecule has 2 aliphatic heterocycles. The van der Waals surface area contributed by atoms with E-state index in [1.54, 1.807) is 11.0 Å². The van der Waals surface area contributed by atoms with Crippen LogP contribution in [0, 0.1) is 5.82 Å². The third-order valence-corrected chi connectivity index (χ3v) is 4.00. The van der Waals surface area contributed by atoms with E-state index >= 15 is 0 Å². The fourth-order valence-electron chi connectivity index (χ4n) is 2.84. The molecule has 0 aromatic heterocycles. The van der Waals surface area contributed by atoms with Crippen LogP contribution in [-0.2, 0) is 9.53 Å². The van der Waals surface area contributed by atoms with Gasteiger partial charge in [0.15, 0.2) is 0 Å². The maximum absolute atomic E-state index is 13.4. The second-order valence-corrected chi connectivity index (χ2v) is 5.38. The summed E-state index contributed by atoms with van der Waals surface area (Å²) in [6.07, 6.45) is -0.228. The number of carbonyl (C=O) groups excluding carboxylic acids is 1. The zero-order chi connectivity index (χ0) is 14.7. The number of ether oxygens (including phenoxy) is 1. The number of benzene rings is 1. The second-order valence-electron chi connectivity index (χ2n) is 5.38. The van der Waals surface area contributed by atoms with Crippen molar-refractivity contribution in [3.05, 3.63) is 35.6 Å². The minimum Gasteiger partial charge on any atom is -0.379 e. The number of nitrogens with one attached hydrogen (secondary N) is 1. The molecule has 21 heavy (non-hydrogen) atoms. The Labute approximate surface area is 123 Å². The molecule has 5 nitrogen and oxygen atoms in total. The molecule has 1 amide bonds. The van der Waals surface area contributed by atoms with Crippen molar-refractivity contribution in [2.75, 3.05) is 45.9 Å². The SMILES string of the molecule is O=C1CNC(c2cccc(F)c2)N1CCN1CCOCC1. The van der Waals surface area contributed by atoms with Crippen LogP contribution in [0.1, 0.15) is 11.7 Å². The van der Waals surface area contributed by atoms with Crippen molar-refractivity contribution in [3.63, 3.8) is 0 Å². The molecule has 1 unspecified atom stereocenters. The standard InChI is InChI=1S/C15H20FN3O2/c16-13-3-1-2-12(10-13)15-17-11-14(20)19(15)5-4-18-6-8-21-9-7-18/h1-3,10,15,17H,4-9,11H2. The van der Waals surface area contributed by atoms with Gasteiger partial charge in [0, 0.05) is 26.2 Å². The van der Waals surface area contributed by atoms with E-state index in [1.807, 2.05) is 6.07 Å².